The minimum Gasteiger partial charge on any atom is -0.481 e. The van der Waals surface area contributed by atoms with Gasteiger partial charge in [-0.15, -0.1) is 23.1 Å². The summed E-state index contributed by atoms with van der Waals surface area (Å²) in [4.78, 5) is 18.2. The first-order valence-electron chi connectivity index (χ1n) is 8.24. The molecule has 0 unspecified atom stereocenters. The average molecular weight is 415 g/mol. The van der Waals surface area contributed by atoms with E-state index in [0.29, 0.717) is 5.02 Å². The largest absolute Gasteiger partial charge is 0.481 e. The van der Waals surface area contributed by atoms with Crippen molar-refractivity contribution in [3.8, 4) is 11.3 Å². The van der Waals surface area contributed by atoms with Crippen LogP contribution in [0.3, 0.4) is 0 Å². The van der Waals surface area contributed by atoms with E-state index in [2.05, 4.69) is 17.1 Å². The minimum atomic E-state index is -0.839. The van der Waals surface area contributed by atoms with Gasteiger partial charge < -0.3 is 5.11 Å². The second kappa shape index (κ2) is 7.76. The molecule has 4 aromatic rings. The molecule has 7 heteroatoms. The summed E-state index contributed by atoms with van der Waals surface area (Å²) in [7, 11) is 0. The third-order valence-electron chi connectivity index (χ3n) is 3.98. The van der Waals surface area contributed by atoms with Gasteiger partial charge in [-0.05, 0) is 23.8 Å². The average Bonchev–Trinajstić information content (AvgIpc) is 3.19. The van der Waals surface area contributed by atoms with Gasteiger partial charge in [-0.25, -0.2) is 4.98 Å². The molecule has 2 aromatic heterocycles. The Bertz CT molecular complexity index is 1070. The normalized spacial score (nSPS) is 11.1. The lowest BCUT2D eigenvalue weighted by Gasteiger charge is -2.08. The number of halogens is 1. The van der Waals surface area contributed by atoms with Gasteiger partial charge in [0.05, 0.1) is 12.1 Å². The van der Waals surface area contributed by atoms with Crippen LogP contribution in [-0.4, -0.2) is 20.5 Å². The Balaban J connectivity index is 1.64. The molecule has 2 heterocycles. The van der Waals surface area contributed by atoms with Gasteiger partial charge in [-0.2, -0.15) is 0 Å². The number of fused-ring (bicyclic) bond motifs is 1. The zero-order chi connectivity index (χ0) is 18.8. The van der Waals surface area contributed by atoms with Gasteiger partial charge in [0.25, 0.3) is 0 Å². The number of hydrogen-bond donors (Lipinski definition) is 1. The summed E-state index contributed by atoms with van der Waals surface area (Å²) in [6, 6.07) is 16.2. The monoisotopic (exact) mass is 414 g/mol. The number of aromatic nitrogens is 2. The number of imidazole rings is 1. The zero-order valence-corrected chi connectivity index (χ0v) is 16.5. The summed E-state index contributed by atoms with van der Waals surface area (Å²) in [6.45, 7) is 0. The molecule has 0 saturated heterocycles. The first-order valence-corrected chi connectivity index (χ1v) is 10.4. The Kier molecular flexibility index (Phi) is 5.20. The van der Waals surface area contributed by atoms with Crippen LogP contribution in [0, 0.1) is 0 Å². The molecule has 4 rings (SSSR count). The van der Waals surface area contributed by atoms with Gasteiger partial charge in [0.1, 0.15) is 0 Å². The summed E-state index contributed by atoms with van der Waals surface area (Å²) < 4.78 is 1.88. The summed E-state index contributed by atoms with van der Waals surface area (Å²) in [6.07, 6.45) is 3.76. The molecule has 27 heavy (non-hydrogen) atoms. The van der Waals surface area contributed by atoms with Gasteiger partial charge in [0.2, 0.25) is 0 Å². The van der Waals surface area contributed by atoms with Crippen molar-refractivity contribution in [3.63, 3.8) is 0 Å². The maximum atomic E-state index is 10.9. The van der Waals surface area contributed by atoms with Crippen molar-refractivity contribution in [1.82, 2.24) is 9.38 Å². The predicted molar refractivity (Wildman–Crippen MR) is 111 cm³/mol. The molecule has 0 amide bonds. The molecule has 136 valence electrons. The molecule has 0 bridgehead atoms. The molecule has 0 atom stereocenters. The van der Waals surface area contributed by atoms with Crippen LogP contribution in [0.4, 0.5) is 0 Å². The fourth-order valence-electron chi connectivity index (χ4n) is 2.77. The van der Waals surface area contributed by atoms with E-state index in [1.807, 2.05) is 53.2 Å². The van der Waals surface area contributed by atoms with Crippen molar-refractivity contribution in [2.45, 2.75) is 17.1 Å². The fraction of sp³-hybridized carbons (Fsp3) is 0.100. The number of rotatable bonds is 6. The van der Waals surface area contributed by atoms with Gasteiger partial charge in [0, 0.05) is 38.5 Å². The van der Waals surface area contributed by atoms with E-state index in [1.165, 1.54) is 16.9 Å². The van der Waals surface area contributed by atoms with Gasteiger partial charge in [-0.1, -0.05) is 41.9 Å². The van der Waals surface area contributed by atoms with Gasteiger partial charge in [-0.3, -0.25) is 9.20 Å². The van der Waals surface area contributed by atoms with E-state index in [0.717, 1.165) is 31.7 Å². The van der Waals surface area contributed by atoms with Crippen LogP contribution in [0.25, 0.3) is 16.2 Å². The van der Waals surface area contributed by atoms with Crippen molar-refractivity contribution in [3.05, 3.63) is 76.4 Å². The summed E-state index contributed by atoms with van der Waals surface area (Å²) in [5.74, 6) is 0.0228. The summed E-state index contributed by atoms with van der Waals surface area (Å²) >= 11 is 9.37. The molecule has 0 radical (unpaired) electrons. The smallest absolute Gasteiger partial charge is 0.308 e. The number of carboxylic acids is 1. The second-order valence-corrected chi connectivity index (χ2v) is 8.55. The third-order valence-corrected chi connectivity index (χ3v) is 6.36. The maximum Gasteiger partial charge on any atom is 0.308 e. The lowest BCUT2D eigenvalue weighted by molar-refractivity contribution is -0.136. The highest BCUT2D eigenvalue weighted by molar-refractivity contribution is 7.98. The van der Waals surface area contributed by atoms with Crippen molar-refractivity contribution < 1.29 is 9.90 Å². The number of nitrogens with zero attached hydrogens (tertiary/aromatic N) is 2. The van der Waals surface area contributed by atoms with Crippen molar-refractivity contribution in [2.24, 2.45) is 0 Å². The molecular weight excluding hydrogens is 400 g/mol. The van der Waals surface area contributed by atoms with E-state index in [4.69, 9.17) is 16.7 Å². The first kappa shape index (κ1) is 18.1. The third kappa shape index (κ3) is 4.18. The molecular formula is C20H15ClN2O2S2. The Hall–Kier alpha value is -2.28. The van der Waals surface area contributed by atoms with Crippen LogP contribution in [0.1, 0.15) is 10.4 Å². The van der Waals surface area contributed by atoms with Crippen LogP contribution in [-0.2, 0) is 17.0 Å². The Morgan fingerprint density at radius 3 is 2.74 bits per heavy atom. The number of benzene rings is 2. The maximum absolute atomic E-state index is 10.9. The predicted octanol–water partition coefficient (Wildman–Crippen LogP) is 5.64. The zero-order valence-electron chi connectivity index (χ0n) is 14.1. The Morgan fingerprint density at radius 1 is 1.19 bits per heavy atom. The highest BCUT2D eigenvalue weighted by Crippen LogP contribution is 2.35. The van der Waals surface area contributed by atoms with Gasteiger partial charge in [0.15, 0.2) is 4.96 Å². The summed E-state index contributed by atoms with van der Waals surface area (Å²) in [5, 5.41) is 9.61. The van der Waals surface area contributed by atoms with Crippen LogP contribution in [0.2, 0.25) is 5.02 Å². The number of thioether (sulfide) groups is 1. The number of aliphatic carboxylic acids is 1. The molecule has 0 fully saturated rings. The van der Waals surface area contributed by atoms with Crippen LogP contribution in [0.15, 0.2) is 65.8 Å². The Labute approximate surface area is 169 Å². The lowest BCUT2D eigenvalue weighted by atomic mass is 10.2. The van der Waals surface area contributed by atoms with Crippen molar-refractivity contribution in [1.29, 1.82) is 0 Å². The van der Waals surface area contributed by atoms with Gasteiger partial charge >= 0.3 is 5.97 Å². The van der Waals surface area contributed by atoms with Crippen LogP contribution >= 0.6 is 34.7 Å². The van der Waals surface area contributed by atoms with E-state index < -0.39 is 5.97 Å². The van der Waals surface area contributed by atoms with Crippen LogP contribution in [0.5, 0.6) is 0 Å². The van der Waals surface area contributed by atoms with E-state index >= 15 is 0 Å². The minimum absolute atomic E-state index is 0.0126. The molecule has 0 aliphatic rings. The highest BCUT2D eigenvalue weighted by atomic mass is 35.5. The molecule has 0 aliphatic carbocycles. The van der Waals surface area contributed by atoms with Crippen molar-refractivity contribution in [2.75, 3.05) is 0 Å². The standard InChI is InChI=1S/C20H15ClN2O2S2/c21-14-6-7-18(26-12-13-4-2-1-3-5-13)16(8-14)17-11-23-10-15(9-19(24)25)27-20(23)22-17/h1-8,10-11H,9,12H2,(H,24,25). The van der Waals surface area contributed by atoms with E-state index in [-0.39, 0.29) is 6.42 Å². The second-order valence-electron chi connectivity index (χ2n) is 6.00. The molecule has 0 spiro atoms. The SMILES string of the molecule is O=C(O)Cc1cn2cc(-c3cc(Cl)ccc3SCc3ccccc3)nc2s1. The number of thiazole rings is 1. The van der Waals surface area contributed by atoms with E-state index in [1.54, 1.807) is 11.8 Å². The summed E-state index contributed by atoms with van der Waals surface area (Å²) in [5.41, 5.74) is 3.08. The first-order chi connectivity index (χ1) is 13.1. The molecule has 1 N–H and O–H groups in total. The fourth-order valence-corrected chi connectivity index (χ4v) is 4.89. The molecule has 2 aromatic carbocycles. The topological polar surface area (TPSA) is 54.6 Å². The quantitative estimate of drug-likeness (QED) is 0.415. The number of carbonyl (C=O) groups is 1. The lowest BCUT2D eigenvalue weighted by Crippen LogP contribution is -1.97. The Morgan fingerprint density at radius 2 is 2.00 bits per heavy atom. The van der Waals surface area contributed by atoms with Crippen molar-refractivity contribution >= 4 is 45.6 Å². The molecule has 0 aliphatic heterocycles. The van der Waals surface area contributed by atoms with E-state index in [9.17, 15) is 4.79 Å². The van der Waals surface area contributed by atoms with Crippen LogP contribution < -0.4 is 0 Å². The molecule has 0 saturated carbocycles. The number of carboxylic acid groups (broad SMARTS) is 1. The number of hydrogen-bond acceptors (Lipinski definition) is 4. The molecule has 4 nitrogen and oxygen atoms in total. The highest BCUT2D eigenvalue weighted by Gasteiger charge is 2.14.